The van der Waals surface area contributed by atoms with Crippen LogP contribution in [0.5, 0.6) is 0 Å². The third kappa shape index (κ3) is 8.02. The normalized spacial score (nSPS) is 22.0. The Labute approximate surface area is 220 Å². The summed E-state index contributed by atoms with van der Waals surface area (Å²) in [7, 11) is -0.747. The average Bonchev–Trinajstić information content (AvgIpc) is 2.86. The number of anilines is 2. The van der Waals surface area contributed by atoms with Crippen LogP contribution in [0.3, 0.4) is 0 Å². The smallest absolute Gasteiger partial charge is 0.126 e. The van der Waals surface area contributed by atoms with E-state index in [2.05, 4.69) is 20.9 Å². The van der Waals surface area contributed by atoms with Crippen LogP contribution in [0.2, 0.25) is 10.0 Å². The molecule has 10 heteroatoms. The summed E-state index contributed by atoms with van der Waals surface area (Å²) in [5.74, 6) is 2.86. The van der Waals surface area contributed by atoms with Gasteiger partial charge in [0.2, 0.25) is 0 Å². The third-order valence-electron chi connectivity index (χ3n) is 6.77. The van der Waals surface area contributed by atoms with E-state index in [-0.39, 0.29) is 0 Å². The SMILES string of the molecule is CS(=O)CCNC1CCC(Nc2cc(-c3nc(NCC4CCOCC4)ccc3Cl)c(Cl)cn2)CC1. The summed E-state index contributed by atoms with van der Waals surface area (Å²) in [6.07, 6.45) is 9.82. The van der Waals surface area contributed by atoms with Gasteiger partial charge in [0.25, 0.3) is 0 Å². The Morgan fingerprint density at radius 2 is 1.77 bits per heavy atom. The van der Waals surface area contributed by atoms with Crippen molar-refractivity contribution in [2.45, 2.75) is 50.6 Å². The monoisotopic (exact) mass is 539 g/mol. The van der Waals surface area contributed by atoms with Gasteiger partial charge in [0.1, 0.15) is 11.6 Å². The van der Waals surface area contributed by atoms with Crippen LogP contribution >= 0.6 is 23.2 Å². The number of nitrogens with one attached hydrogen (secondary N) is 3. The highest BCUT2D eigenvalue weighted by atomic mass is 35.5. The first kappa shape index (κ1) is 26.6. The van der Waals surface area contributed by atoms with E-state index in [1.165, 1.54) is 0 Å². The fourth-order valence-corrected chi connectivity index (χ4v) is 5.49. The summed E-state index contributed by atoms with van der Waals surface area (Å²) in [5.41, 5.74) is 1.42. The van der Waals surface area contributed by atoms with Gasteiger partial charge in [0.15, 0.2) is 0 Å². The topological polar surface area (TPSA) is 88.2 Å². The number of halogens is 2. The molecule has 1 saturated carbocycles. The van der Waals surface area contributed by atoms with Crippen LogP contribution in [-0.2, 0) is 15.5 Å². The van der Waals surface area contributed by atoms with Crippen LogP contribution in [0.1, 0.15) is 38.5 Å². The Morgan fingerprint density at radius 3 is 2.51 bits per heavy atom. The number of hydrogen-bond acceptors (Lipinski definition) is 7. The number of hydrogen-bond donors (Lipinski definition) is 3. The van der Waals surface area contributed by atoms with Crippen molar-refractivity contribution in [1.29, 1.82) is 0 Å². The number of aromatic nitrogens is 2. The molecule has 0 aromatic carbocycles. The van der Waals surface area contributed by atoms with Crippen LogP contribution in [0.25, 0.3) is 11.3 Å². The average molecular weight is 541 g/mol. The highest BCUT2D eigenvalue weighted by Gasteiger charge is 2.22. The maximum atomic E-state index is 11.3. The van der Waals surface area contributed by atoms with Crippen LogP contribution in [0.4, 0.5) is 11.6 Å². The second-order valence-electron chi connectivity index (χ2n) is 9.44. The van der Waals surface area contributed by atoms with E-state index in [4.69, 9.17) is 32.9 Å². The molecular formula is C25H35Cl2N5O2S. The number of pyridine rings is 2. The van der Waals surface area contributed by atoms with Gasteiger partial charge < -0.3 is 20.7 Å². The fourth-order valence-electron chi connectivity index (χ4n) is 4.69. The fraction of sp³-hybridized carbons (Fsp3) is 0.600. The molecule has 2 aromatic heterocycles. The molecule has 3 heterocycles. The van der Waals surface area contributed by atoms with Gasteiger partial charge in [-0.05, 0) is 62.6 Å². The molecule has 1 aliphatic carbocycles. The molecule has 0 bridgehead atoms. The molecule has 2 aromatic rings. The van der Waals surface area contributed by atoms with Crippen molar-refractivity contribution in [3.05, 3.63) is 34.4 Å². The van der Waals surface area contributed by atoms with E-state index in [0.717, 1.165) is 82.0 Å². The minimum atomic E-state index is -0.747. The van der Waals surface area contributed by atoms with Gasteiger partial charge >= 0.3 is 0 Å². The first-order chi connectivity index (χ1) is 17.0. The molecule has 1 saturated heterocycles. The van der Waals surface area contributed by atoms with E-state index < -0.39 is 10.8 Å². The molecule has 2 fully saturated rings. The summed E-state index contributed by atoms with van der Waals surface area (Å²) < 4.78 is 16.7. The highest BCUT2D eigenvalue weighted by molar-refractivity contribution is 7.84. The molecule has 35 heavy (non-hydrogen) atoms. The Hall–Kier alpha value is -1.45. The van der Waals surface area contributed by atoms with Gasteiger partial charge in [-0.15, -0.1) is 0 Å². The molecule has 2 aliphatic rings. The highest BCUT2D eigenvalue weighted by Crippen LogP contribution is 2.34. The Bertz CT molecular complexity index is 998. The molecule has 1 unspecified atom stereocenters. The van der Waals surface area contributed by atoms with E-state index in [1.54, 1.807) is 12.5 Å². The zero-order valence-corrected chi connectivity index (χ0v) is 22.5. The second-order valence-corrected chi connectivity index (χ2v) is 11.8. The Balaban J connectivity index is 1.37. The lowest BCUT2D eigenvalue weighted by Crippen LogP contribution is -2.38. The molecular weight excluding hydrogens is 505 g/mol. The molecule has 192 valence electrons. The lowest BCUT2D eigenvalue weighted by atomic mass is 9.91. The summed E-state index contributed by atoms with van der Waals surface area (Å²) >= 11 is 13.1. The second kappa shape index (κ2) is 13.2. The van der Waals surface area contributed by atoms with E-state index in [0.29, 0.717) is 39.5 Å². The maximum absolute atomic E-state index is 11.3. The molecule has 7 nitrogen and oxygen atoms in total. The van der Waals surface area contributed by atoms with Crippen molar-refractivity contribution in [1.82, 2.24) is 15.3 Å². The number of rotatable bonds is 10. The summed E-state index contributed by atoms with van der Waals surface area (Å²) in [6.45, 7) is 3.33. The largest absolute Gasteiger partial charge is 0.381 e. The molecule has 3 N–H and O–H groups in total. The van der Waals surface area contributed by atoms with E-state index in [9.17, 15) is 4.21 Å². The lowest BCUT2D eigenvalue weighted by molar-refractivity contribution is 0.0699. The number of nitrogens with zero attached hydrogens (tertiary/aromatic N) is 2. The van der Waals surface area contributed by atoms with Crippen molar-refractivity contribution < 1.29 is 8.95 Å². The maximum Gasteiger partial charge on any atom is 0.126 e. The Kier molecular flexibility index (Phi) is 10.0. The van der Waals surface area contributed by atoms with Gasteiger partial charge in [-0.3, -0.25) is 4.21 Å². The predicted molar refractivity (Wildman–Crippen MR) is 146 cm³/mol. The van der Waals surface area contributed by atoms with Gasteiger partial charge in [-0.2, -0.15) is 0 Å². The lowest BCUT2D eigenvalue weighted by Gasteiger charge is -2.30. The van der Waals surface area contributed by atoms with Gasteiger partial charge in [-0.1, -0.05) is 23.2 Å². The minimum absolute atomic E-state index is 0.353. The first-order valence-corrected chi connectivity index (χ1v) is 14.9. The van der Waals surface area contributed by atoms with Crippen molar-refractivity contribution in [2.24, 2.45) is 5.92 Å². The molecule has 0 spiro atoms. The van der Waals surface area contributed by atoms with Crippen molar-refractivity contribution in [3.8, 4) is 11.3 Å². The number of ether oxygens (including phenoxy) is 1. The molecule has 1 atom stereocenters. The first-order valence-electron chi connectivity index (χ1n) is 12.4. The zero-order valence-electron chi connectivity index (χ0n) is 20.2. The van der Waals surface area contributed by atoms with Crippen LogP contribution in [0, 0.1) is 5.92 Å². The van der Waals surface area contributed by atoms with Crippen molar-refractivity contribution in [3.63, 3.8) is 0 Å². The van der Waals surface area contributed by atoms with Gasteiger partial charge in [0.05, 0.1) is 15.7 Å². The van der Waals surface area contributed by atoms with Gasteiger partial charge in [0, 0.05) is 73.0 Å². The van der Waals surface area contributed by atoms with Crippen LogP contribution in [0.15, 0.2) is 24.4 Å². The summed E-state index contributed by atoms with van der Waals surface area (Å²) in [4.78, 5) is 9.29. The summed E-state index contributed by atoms with van der Waals surface area (Å²) in [6, 6.07) is 6.56. The minimum Gasteiger partial charge on any atom is -0.381 e. The quantitative estimate of drug-likeness (QED) is 0.392. The molecule has 0 radical (unpaired) electrons. The van der Waals surface area contributed by atoms with E-state index >= 15 is 0 Å². The standard InChI is InChI=1S/C25H35Cl2N5O2S/c1-35(33)13-10-28-18-2-4-19(5-3-18)31-24-14-20(22(27)16-30-24)25-21(26)6-7-23(32-25)29-15-17-8-11-34-12-9-17/h6-7,14,16-19,28H,2-5,8-13,15H2,1H3,(H,29,32)(H,30,31). The zero-order chi connectivity index (χ0) is 24.6. The summed E-state index contributed by atoms with van der Waals surface area (Å²) in [5, 5.41) is 11.6. The van der Waals surface area contributed by atoms with Crippen molar-refractivity contribution >= 4 is 45.6 Å². The van der Waals surface area contributed by atoms with Crippen LogP contribution in [-0.4, -0.2) is 64.6 Å². The van der Waals surface area contributed by atoms with Crippen molar-refractivity contribution in [2.75, 3.05) is 48.9 Å². The predicted octanol–water partition coefficient (Wildman–Crippen LogP) is 4.98. The van der Waals surface area contributed by atoms with Gasteiger partial charge in [-0.25, -0.2) is 9.97 Å². The third-order valence-corrected chi connectivity index (χ3v) is 8.16. The molecule has 1 aliphatic heterocycles. The Morgan fingerprint density at radius 1 is 1.03 bits per heavy atom. The van der Waals surface area contributed by atoms with E-state index in [1.807, 2.05) is 18.2 Å². The van der Waals surface area contributed by atoms with Crippen LogP contribution < -0.4 is 16.0 Å². The molecule has 4 rings (SSSR count). The molecule has 0 amide bonds.